The minimum atomic E-state index is -0.0402. The highest BCUT2D eigenvalue weighted by Crippen LogP contribution is 2.42. The first-order valence-electron chi connectivity index (χ1n) is 11.6. The van der Waals surface area contributed by atoms with Crippen LogP contribution in [0.2, 0.25) is 5.02 Å². The lowest BCUT2D eigenvalue weighted by Crippen LogP contribution is -2.45. The number of benzene rings is 3. The average Bonchev–Trinajstić information content (AvgIpc) is 2.82. The fraction of sp³-hybridized carbons (Fsp3) is 0.276. The molecule has 0 aliphatic carbocycles. The first-order chi connectivity index (χ1) is 16.3. The van der Waals surface area contributed by atoms with Crippen LogP contribution in [0.3, 0.4) is 0 Å². The molecule has 176 valence electrons. The number of fused-ring (bicyclic) bond motifs is 1. The van der Waals surface area contributed by atoms with E-state index in [2.05, 4.69) is 55.8 Å². The number of methoxy groups -OCH3 is 1. The number of nitrogens with zero attached hydrogens (tertiary/aromatic N) is 2. The quantitative estimate of drug-likeness (QED) is 0.323. The summed E-state index contributed by atoms with van der Waals surface area (Å²) >= 11 is 6.19. The molecular weight excluding hydrogens is 444 g/mol. The highest BCUT2D eigenvalue weighted by atomic mass is 35.5. The van der Waals surface area contributed by atoms with E-state index in [4.69, 9.17) is 21.1 Å². The molecule has 5 heteroatoms. The number of hydrogen-bond donors (Lipinski definition) is 0. The van der Waals surface area contributed by atoms with E-state index in [0.717, 1.165) is 30.0 Å². The Kier molecular flexibility index (Phi) is 6.99. The summed E-state index contributed by atoms with van der Waals surface area (Å²) in [4.78, 5) is 7.14. The van der Waals surface area contributed by atoms with Crippen molar-refractivity contribution in [1.82, 2.24) is 0 Å². The smallest absolute Gasteiger partial charge is 0.146 e. The zero-order chi connectivity index (χ0) is 24.3. The number of allylic oxidation sites excluding steroid dienone is 1. The van der Waals surface area contributed by atoms with Gasteiger partial charge in [0.2, 0.25) is 0 Å². The van der Waals surface area contributed by atoms with Crippen molar-refractivity contribution in [3.63, 3.8) is 0 Å². The molecule has 0 aromatic heterocycles. The van der Waals surface area contributed by atoms with E-state index in [9.17, 15) is 0 Å². The Morgan fingerprint density at radius 3 is 2.44 bits per heavy atom. The zero-order valence-electron chi connectivity index (χ0n) is 20.4. The summed E-state index contributed by atoms with van der Waals surface area (Å²) < 4.78 is 11.6. The van der Waals surface area contributed by atoms with E-state index in [0.29, 0.717) is 16.5 Å². The van der Waals surface area contributed by atoms with Crippen LogP contribution in [0.5, 0.6) is 17.2 Å². The number of para-hydroxylation sites is 1. The highest BCUT2D eigenvalue weighted by Gasteiger charge is 2.31. The normalized spacial score (nSPS) is 14.6. The lowest BCUT2D eigenvalue weighted by Gasteiger charge is -2.43. The van der Waals surface area contributed by atoms with Crippen molar-refractivity contribution in [2.24, 2.45) is 4.99 Å². The predicted molar refractivity (Wildman–Crippen MR) is 144 cm³/mol. The van der Waals surface area contributed by atoms with Crippen LogP contribution >= 0.6 is 11.6 Å². The van der Waals surface area contributed by atoms with E-state index < -0.39 is 0 Å². The molecule has 3 aromatic carbocycles. The van der Waals surface area contributed by atoms with Gasteiger partial charge in [0.05, 0.1) is 23.4 Å². The Bertz CT molecular complexity index is 1230. The topological polar surface area (TPSA) is 34.1 Å². The van der Waals surface area contributed by atoms with Gasteiger partial charge in [-0.1, -0.05) is 36.7 Å². The molecule has 0 spiro atoms. The lowest BCUT2D eigenvalue weighted by molar-refractivity contribution is 0.413. The lowest BCUT2D eigenvalue weighted by atomic mass is 9.87. The molecule has 0 unspecified atom stereocenters. The molecule has 3 aromatic rings. The van der Waals surface area contributed by atoms with Crippen LogP contribution in [-0.2, 0) is 0 Å². The number of halogens is 1. The third-order valence-electron chi connectivity index (χ3n) is 6.03. The second-order valence-corrected chi connectivity index (χ2v) is 9.44. The highest BCUT2D eigenvalue weighted by molar-refractivity contribution is 6.32. The summed E-state index contributed by atoms with van der Waals surface area (Å²) in [5.41, 5.74) is 5.43. The van der Waals surface area contributed by atoms with Crippen LogP contribution in [0.15, 0.2) is 71.7 Å². The van der Waals surface area contributed by atoms with Crippen LogP contribution in [0.1, 0.15) is 45.2 Å². The summed E-state index contributed by atoms with van der Waals surface area (Å²) in [5.74, 6) is 2.15. The molecule has 0 fully saturated rings. The molecule has 0 bridgehead atoms. The molecule has 1 aliphatic heterocycles. The Hall–Kier alpha value is -3.24. The first-order valence-corrected chi connectivity index (χ1v) is 12.0. The SMILES string of the molecule is CCCN1c2cc(OC)c(C=Nc3ccc(Oc4ccccc4Cl)cc3)cc2C(C)=CC1(C)C. The standard InChI is InChI=1S/C29H31ClN2O2/c1-6-15-32-26-17-28(33-5)21(16-24(26)20(2)18-29(32,3)4)19-31-22-11-13-23(14-12-22)34-27-10-8-7-9-25(27)30/h7-14,16-19H,6,15H2,1-5H3. The minimum Gasteiger partial charge on any atom is -0.496 e. The Morgan fingerprint density at radius 1 is 1.03 bits per heavy atom. The molecule has 1 aliphatic rings. The fourth-order valence-electron chi connectivity index (χ4n) is 4.43. The van der Waals surface area contributed by atoms with Crippen LogP contribution in [-0.4, -0.2) is 25.4 Å². The van der Waals surface area contributed by atoms with Crippen LogP contribution in [0, 0.1) is 0 Å². The Balaban J connectivity index is 1.60. The second-order valence-electron chi connectivity index (χ2n) is 9.03. The monoisotopic (exact) mass is 474 g/mol. The number of rotatable bonds is 7. The van der Waals surface area contributed by atoms with Gasteiger partial charge < -0.3 is 14.4 Å². The first kappa shape index (κ1) is 23.9. The van der Waals surface area contributed by atoms with Crippen LogP contribution in [0.4, 0.5) is 11.4 Å². The van der Waals surface area contributed by atoms with Gasteiger partial charge in [0.15, 0.2) is 0 Å². The van der Waals surface area contributed by atoms with Gasteiger partial charge in [-0.25, -0.2) is 0 Å². The Morgan fingerprint density at radius 2 is 1.76 bits per heavy atom. The number of ether oxygens (including phenoxy) is 2. The maximum atomic E-state index is 6.19. The number of hydrogen-bond acceptors (Lipinski definition) is 4. The molecule has 0 radical (unpaired) electrons. The molecule has 0 N–H and O–H groups in total. The molecule has 4 nitrogen and oxygen atoms in total. The summed E-state index contributed by atoms with van der Waals surface area (Å²) in [6.45, 7) is 9.90. The molecule has 0 amide bonds. The maximum absolute atomic E-state index is 6.19. The van der Waals surface area contributed by atoms with Gasteiger partial charge >= 0.3 is 0 Å². The van der Waals surface area contributed by atoms with Gasteiger partial charge in [0, 0.05) is 35.6 Å². The summed E-state index contributed by atoms with van der Waals surface area (Å²) in [6, 6.07) is 19.4. The number of aliphatic imine (C=N–C) groups is 1. The van der Waals surface area contributed by atoms with Gasteiger partial charge in [-0.15, -0.1) is 0 Å². The van der Waals surface area contributed by atoms with Gasteiger partial charge in [-0.3, -0.25) is 4.99 Å². The molecule has 0 saturated carbocycles. The zero-order valence-corrected chi connectivity index (χ0v) is 21.2. The third kappa shape index (κ3) is 4.97. The van der Waals surface area contributed by atoms with E-state index in [1.54, 1.807) is 13.2 Å². The molecule has 4 rings (SSSR count). The van der Waals surface area contributed by atoms with E-state index in [-0.39, 0.29) is 5.54 Å². The van der Waals surface area contributed by atoms with Crippen molar-refractivity contribution in [2.75, 3.05) is 18.6 Å². The molecular formula is C29H31ClN2O2. The van der Waals surface area contributed by atoms with E-state index in [1.807, 2.05) is 48.7 Å². The van der Waals surface area contributed by atoms with Crippen LogP contribution in [0.25, 0.3) is 5.57 Å². The fourth-order valence-corrected chi connectivity index (χ4v) is 4.60. The second kappa shape index (κ2) is 9.94. The molecule has 0 atom stereocenters. The van der Waals surface area contributed by atoms with E-state index in [1.165, 1.54) is 16.8 Å². The number of anilines is 1. The van der Waals surface area contributed by atoms with E-state index >= 15 is 0 Å². The van der Waals surface area contributed by atoms with Crippen molar-refractivity contribution >= 4 is 34.8 Å². The van der Waals surface area contributed by atoms with Crippen LogP contribution < -0.4 is 14.4 Å². The summed E-state index contributed by atoms with van der Waals surface area (Å²) in [6.07, 6.45) is 5.29. The van der Waals surface area contributed by atoms with Crippen molar-refractivity contribution in [3.8, 4) is 17.2 Å². The van der Waals surface area contributed by atoms with Crippen molar-refractivity contribution in [3.05, 3.63) is 82.9 Å². The van der Waals surface area contributed by atoms with Gasteiger partial charge in [-0.2, -0.15) is 0 Å². The Labute approximate surface area is 207 Å². The summed E-state index contributed by atoms with van der Waals surface area (Å²) in [7, 11) is 1.71. The molecule has 34 heavy (non-hydrogen) atoms. The van der Waals surface area contributed by atoms with Gasteiger partial charge in [-0.05, 0) is 75.2 Å². The largest absolute Gasteiger partial charge is 0.496 e. The van der Waals surface area contributed by atoms with Gasteiger partial charge in [0.25, 0.3) is 0 Å². The van der Waals surface area contributed by atoms with Gasteiger partial charge in [0.1, 0.15) is 17.2 Å². The minimum absolute atomic E-state index is 0.0402. The van der Waals surface area contributed by atoms with Crippen molar-refractivity contribution in [2.45, 2.75) is 39.7 Å². The molecule has 1 heterocycles. The summed E-state index contributed by atoms with van der Waals surface area (Å²) in [5, 5.41) is 0.578. The average molecular weight is 475 g/mol. The predicted octanol–water partition coefficient (Wildman–Crippen LogP) is 8.30. The molecule has 0 saturated heterocycles. The van der Waals surface area contributed by atoms with Crippen molar-refractivity contribution < 1.29 is 9.47 Å². The third-order valence-corrected chi connectivity index (χ3v) is 6.34. The maximum Gasteiger partial charge on any atom is 0.146 e. The van der Waals surface area contributed by atoms with Crippen molar-refractivity contribution in [1.29, 1.82) is 0 Å².